The average molecular weight is 168 g/mol. The summed E-state index contributed by atoms with van der Waals surface area (Å²) < 4.78 is 4.27. The van der Waals surface area contributed by atoms with Crippen LogP contribution in [-0.2, 0) is 14.3 Å². The molecule has 0 saturated heterocycles. The molecule has 56 valence electrons. The van der Waals surface area contributed by atoms with Gasteiger partial charge in [0.05, 0.1) is 10.4 Å². The van der Waals surface area contributed by atoms with Gasteiger partial charge in [0.15, 0.2) is 5.78 Å². The van der Waals surface area contributed by atoms with Crippen molar-refractivity contribution in [3.05, 3.63) is 24.0 Å². The van der Waals surface area contributed by atoms with Gasteiger partial charge < -0.3 is 4.74 Å². The Hall–Kier alpha value is -1.29. The molecule has 0 atom stereocenters. The van der Waals surface area contributed by atoms with Gasteiger partial charge in [-0.25, -0.2) is 0 Å². The van der Waals surface area contributed by atoms with E-state index >= 15 is 0 Å². The molecule has 0 aliphatic heterocycles. The summed E-state index contributed by atoms with van der Waals surface area (Å²) in [6.45, 7) is 0.237. The van der Waals surface area contributed by atoms with Gasteiger partial charge in [0.1, 0.15) is 6.26 Å². The molecule has 0 spiro atoms. The molecule has 0 heterocycles. The number of carbonyl (C=O) groups is 2. The monoisotopic (exact) mass is 168 g/mol. The molecule has 0 bridgehead atoms. The predicted molar refractivity (Wildman–Crippen MR) is 42.0 cm³/mol. The van der Waals surface area contributed by atoms with Crippen LogP contribution in [0.5, 0.6) is 0 Å². The minimum Gasteiger partial charge on any atom is -0.436 e. The molecule has 1 rings (SSSR count). The van der Waals surface area contributed by atoms with E-state index < -0.39 is 0 Å². The van der Waals surface area contributed by atoms with Crippen molar-refractivity contribution < 1.29 is 14.3 Å². The van der Waals surface area contributed by atoms with Crippen molar-refractivity contribution in [2.75, 3.05) is 0 Å². The number of carbonyl (C=O) groups excluding carboxylic acids is 2. The maximum atomic E-state index is 10.9. The Balaban J connectivity index is 2.80. The smallest absolute Gasteiger partial charge is 0.297 e. The van der Waals surface area contributed by atoms with E-state index in [0.717, 1.165) is 6.26 Å². The van der Waals surface area contributed by atoms with Gasteiger partial charge in [-0.1, -0.05) is 12.2 Å². The summed E-state index contributed by atoms with van der Waals surface area (Å²) in [7, 11) is 0. The van der Waals surface area contributed by atoms with Crippen molar-refractivity contribution in [3.63, 3.8) is 0 Å². The van der Waals surface area contributed by atoms with Gasteiger partial charge in [0, 0.05) is 0 Å². The normalized spacial score (nSPS) is 19.5. The molecular formula is C7H4O3S. The molecule has 0 aromatic heterocycles. The molecule has 0 radical (unpaired) electrons. The number of rotatable bonds is 2. The van der Waals surface area contributed by atoms with E-state index in [2.05, 4.69) is 4.74 Å². The zero-order chi connectivity index (χ0) is 8.27. The highest BCUT2D eigenvalue weighted by molar-refractivity contribution is 7.81. The lowest BCUT2D eigenvalue weighted by atomic mass is 10.2. The number of ether oxygens (including phenoxy) is 1. The zero-order valence-electron chi connectivity index (χ0n) is 5.44. The van der Waals surface area contributed by atoms with E-state index in [4.69, 9.17) is 12.2 Å². The van der Waals surface area contributed by atoms with Crippen LogP contribution in [0, 0.1) is 0 Å². The van der Waals surface area contributed by atoms with Crippen molar-refractivity contribution in [1.29, 1.82) is 0 Å². The van der Waals surface area contributed by atoms with Gasteiger partial charge in [-0.15, -0.1) is 0 Å². The first kappa shape index (κ1) is 7.81. The third kappa shape index (κ3) is 1.59. The largest absolute Gasteiger partial charge is 0.436 e. The second-order valence-corrected chi connectivity index (χ2v) is 2.27. The number of ketones is 1. The molecule has 0 N–H and O–H groups in total. The highest BCUT2D eigenvalue weighted by Crippen LogP contribution is 2.10. The molecule has 3 nitrogen and oxygen atoms in total. The van der Waals surface area contributed by atoms with Gasteiger partial charge >= 0.3 is 0 Å². The molecule has 0 saturated carbocycles. The lowest BCUT2D eigenvalue weighted by Gasteiger charge is -1.91. The van der Waals surface area contributed by atoms with Crippen LogP contribution in [0.3, 0.4) is 0 Å². The number of hydrogen-bond donors (Lipinski definition) is 0. The average Bonchev–Trinajstić information content (AvgIpc) is 2.29. The van der Waals surface area contributed by atoms with Crippen LogP contribution in [0.15, 0.2) is 24.0 Å². The van der Waals surface area contributed by atoms with E-state index in [1.807, 2.05) is 0 Å². The second kappa shape index (κ2) is 3.21. The lowest BCUT2D eigenvalue weighted by molar-refractivity contribution is -0.123. The number of allylic oxidation sites excluding steroid dienone is 3. The molecule has 1 aliphatic carbocycles. The van der Waals surface area contributed by atoms with Crippen LogP contribution in [0.2, 0.25) is 0 Å². The number of hydrogen-bond acceptors (Lipinski definition) is 4. The Bertz CT molecular complexity index is 255. The van der Waals surface area contributed by atoms with Gasteiger partial charge in [0.25, 0.3) is 6.47 Å². The van der Waals surface area contributed by atoms with E-state index in [1.54, 1.807) is 0 Å². The van der Waals surface area contributed by atoms with Crippen molar-refractivity contribution in [1.82, 2.24) is 0 Å². The quantitative estimate of drug-likeness (QED) is 0.261. The number of thiocarbonyl (C=S) groups is 1. The third-order valence-corrected chi connectivity index (χ3v) is 1.51. The first-order chi connectivity index (χ1) is 5.25. The summed E-state index contributed by atoms with van der Waals surface area (Å²) >= 11 is 4.76. The second-order valence-electron chi connectivity index (χ2n) is 1.83. The van der Waals surface area contributed by atoms with E-state index in [1.165, 1.54) is 12.2 Å². The van der Waals surface area contributed by atoms with Crippen LogP contribution in [0.4, 0.5) is 0 Å². The molecule has 1 aliphatic rings. The molecule has 0 amide bonds. The summed E-state index contributed by atoms with van der Waals surface area (Å²) in [5.41, 5.74) is 0.257. The maximum absolute atomic E-state index is 10.9. The first-order valence-corrected chi connectivity index (χ1v) is 3.22. The Morgan fingerprint density at radius 2 is 2.18 bits per heavy atom. The molecule has 0 fully saturated rings. The van der Waals surface area contributed by atoms with Gasteiger partial charge in [-0.05, 0) is 12.2 Å². The van der Waals surface area contributed by atoms with Gasteiger partial charge in [-0.3, -0.25) is 9.59 Å². The summed E-state index contributed by atoms with van der Waals surface area (Å²) in [5, 5.41) is 0. The van der Waals surface area contributed by atoms with Crippen molar-refractivity contribution in [2.45, 2.75) is 0 Å². The standard InChI is InChI=1S/C7H4O3S/c8-4-10-3-5-6(9)1-2-7(5)11/h1-4H/b5-3-. The lowest BCUT2D eigenvalue weighted by Crippen LogP contribution is -1.99. The SMILES string of the molecule is O=CO/C=C1/C(=O)C=CC1=S. The molecule has 11 heavy (non-hydrogen) atoms. The maximum Gasteiger partial charge on any atom is 0.297 e. The Morgan fingerprint density at radius 3 is 2.64 bits per heavy atom. The first-order valence-electron chi connectivity index (χ1n) is 2.81. The van der Waals surface area contributed by atoms with Crippen molar-refractivity contribution >= 4 is 29.3 Å². The Kier molecular flexibility index (Phi) is 2.28. The molecule has 0 aromatic carbocycles. The molecule has 4 heteroatoms. The molecule has 0 aromatic rings. The van der Waals surface area contributed by atoms with E-state index in [0.29, 0.717) is 4.86 Å². The van der Waals surface area contributed by atoms with Crippen LogP contribution in [0.25, 0.3) is 0 Å². The van der Waals surface area contributed by atoms with Gasteiger partial charge in [0.2, 0.25) is 0 Å². The summed E-state index contributed by atoms with van der Waals surface area (Å²) in [4.78, 5) is 21.0. The van der Waals surface area contributed by atoms with Crippen LogP contribution in [0.1, 0.15) is 0 Å². The zero-order valence-corrected chi connectivity index (χ0v) is 6.26. The fourth-order valence-corrected chi connectivity index (χ4v) is 0.881. The fraction of sp³-hybridized carbons (Fsp3) is 0. The van der Waals surface area contributed by atoms with Crippen molar-refractivity contribution in [2.24, 2.45) is 0 Å². The third-order valence-electron chi connectivity index (χ3n) is 1.16. The molecular weight excluding hydrogens is 164 g/mol. The highest BCUT2D eigenvalue weighted by atomic mass is 32.1. The highest BCUT2D eigenvalue weighted by Gasteiger charge is 2.16. The summed E-state index contributed by atoms with van der Waals surface area (Å²) in [6, 6.07) is 0. The summed E-state index contributed by atoms with van der Waals surface area (Å²) in [5.74, 6) is -0.225. The predicted octanol–water partition coefficient (Wildman–Crippen LogP) is 0.552. The van der Waals surface area contributed by atoms with Crippen LogP contribution >= 0.6 is 12.2 Å². The van der Waals surface area contributed by atoms with Crippen molar-refractivity contribution in [3.8, 4) is 0 Å². The summed E-state index contributed by atoms with van der Waals surface area (Å²) in [6.07, 6.45) is 3.89. The molecule has 0 unspecified atom stereocenters. The topological polar surface area (TPSA) is 43.4 Å². The van der Waals surface area contributed by atoms with Crippen LogP contribution in [-0.4, -0.2) is 17.1 Å². The Labute approximate surface area is 68.3 Å². The van der Waals surface area contributed by atoms with E-state index in [9.17, 15) is 9.59 Å². The Morgan fingerprint density at radius 1 is 1.45 bits per heavy atom. The van der Waals surface area contributed by atoms with Crippen LogP contribution < -0.4 is 0 Å². The van der Waals surface area contributed by atoms with Gasteiger partial charge in [-0.2, -0.15) is 0 Å². The minimum atomic E-state index is -0.225. The fourth-order valence-electron chi connectivity index (χ4n) is 0.664. The minimum absolute atomic E-state index is 0.225. The van der Waals surface area contributed by atoms with E-state index in [-0.39, 0.29) is 17.8 Å².